The van der Waals surface area contributed by atoms with Crippen molar-refractivity contribution >= 4 is 16.3 Å². The summed E-state index contributed by atoms with van der Waals surface area (Å²) in [5.74, 6) is -0.265. The van der Waals surface area contributed by atoms with E-state index in [0.717, 1.165) is 40.9 Å². The topological polar surface area (TPSA) is 60.9 Å². The number of hydrogen-bond acceptors (Lipinski definition) is 5. The number of nitrogens with zero attached hydrogens (tertiary/aromatic N) is 6. The Bertz CT molecular complexity index is 1080. The van der Waals surface area contributed by atoms with E-state index in [9.17, 15) is 8.78 Å². The minimum atomic E-state index is -0.532. The molecule has 25 heavy (non-hydrogen) atoms. The van der Waals surface area contributed by atoms with Crippen LogP contribution in [0.4, 0.5) is 8.78 Å². The Morgan fingerprint density at radius 3 is 2.60 bits per heavy atom. The first-order valence-electron chi connectivity index (χ1n) is 7.66. The second-order valence-corrected chi connectivity index (χ2v) is 6.94. The number of rotatable bonds is 3. The molecule has 0 saturated carbocycles. The molecule has 128 valence electrons. The van der Waals surface area contributed by atoms with Crippen LogP contribution in [0.25, 0.3) is 27.1 Å². The zero-order valence-electron chi connectivity index (χ0n) is 13.7. The van der Waals surface area contributed by atoms with Crippen molar-refractivity contribution in [2.24, 2.45) is 7.05 Å². The third kappa shape index (κ3) is 2.60. The number of benzene rings is 1. The molecule has 6 nitrogen and oxygen atoms in total. The molecule has 3 heterocycles. The van der Waals surface area contributed by atoms with E-state index in [1.807, 2.05) is 13.1 Å². The maximum absolute atomic E-state index is 14.0. The molecule has 1 aromatic carbocycles. The Hall–Kier alpha value is -2.68. The van der Waals surface area contributed by atoms with Gasteiger partial charge >= 0.3 is 0 Å². The molecule has 0 amide bonds. The predicted molar refractivity (Wildman–Crippen MR) is 90.3 cm³/mol. The smallest absolute Gasteiger partial charge is 0.235 e. The molecule has 0 aliphatic heterocycles. The minimum absolute atomic E-state index is 0.106. The van der Waals surface area contributed by atoms with E-state index < -0.39 is 11.6 Å². The fourth-order valence-electron chi connectivity index (χ4n) is 2.53. The van der Waals surface area contributed by atoms with Gasteiger partial charge in [0.05, 0.1) is 11.3 Å². The Morgan fingerprint density at radius 1 is 1.08 bits per heavy atom. The van der Waals surface area contributed by atoms with E-state index in [0.29, 0.717) is 15.8 Å². The van der Waals surface area contributed by atoms with Gasteiger partial charge in [-0.25, -0.2) is 8.78 Å². The van der Waals surface area contributed by atoms with Gasteiger partial charge in [0.1, 0.15) is 17.3 Å². The summed E-state index contributed by atoms with van der Waals surface area (Å²) in [5, 5.41) is 17.5. The normalized spacial score (nSPS) is 11.8. The second kappa shape index (κ2) is 5.69. The van der Waals surface area contributed by atoms with Gasteiger partial charge in [-0.1, -0.05) is 25.2 Å². The predicted octanol–water partition coefficient (Wildman–Crippen LogP) is 3.65. The quantitative estimate of drug-likeness (QED) is 0.559. The molecule has 0 spiro atoms. The molecule has 0 aliphatic rings. The van der Waals surface area contributed by atoms with E-state index in [1.54, 1.807) is 4.68 Å². The number of halogens is 2. The molecule has 0 atom stereocenters. The van der Waals surface area contributed by atoms with Crippen LogP contribution in [-0.4, -0.2) is 29.6 Å². The molecule has 0 saturated heterocycles. The maximum Gasteiger partial charge on any atom is 0.235 e. The van der Waals surface area contributed by atoms with Gasteiger partial charge in [0.15, 0.2) is 5.01 Å². The zero-order valence-corrected chi connectivity index (χ0v) is 14.6. The van der Waals surface area contributed by atoms with Crippen LogP contribution < -0.4 is 0 Å². The van der Waals surface area contributed by atoms with Crippen molar-refractivity contribution in [3.05, 3.63) is 41.6 Å². The molecule has 3 aromatic heterocycles. The van der Waals surface area contributed by atoms with E-state index in [2.05, 4.69) is 34.2 Å². The molecule has 4 rings (SSSR count). The van der Waals surface area contributed by atoms with Crippen LogP contribution >= 0.6 is 11.3 Å². The average molecular weight is 360 g/mol. The summed E-state index contributed by atoms with van der Waals surface area (Å²) in [4.78, 5) is 0.501. The van der Waals surface area contributed by atoms with Crippen LogP contribution in [0.2, 0.25) is 0 Å². The van der Waals surface area contributed by atoms with Crippen molar-refractivity contribution in [1.29, 1.82) is 0 Å². The maximum atomic E-state index is 14.0. The van der Waals surface area contributed by atoms with Crippen molar-refractivity contribution in [1.82, 2.24) is 29.6 Å². The minimum Gasteiger partial charge on any atom is -0.264 e. The highest BCUT2D eigenvalue weighted by molar-refractivity contribution is 7.19. The van der Waals surface area contributed by atoms with Gasteiger partial charge in [0, 0.05) is 7.05 Å². The fraction of sp³-hybridized carbons (Fsp3) is 0.250. The third-order valence-corrected chi connectivity index (χ3v) is 4.80. The molecular formula is C16H14F2N6S. The molecule has 0 N–H and O–H groups in total. The van der Waals surface area contributed by atoms with Crippen molar-refractivity contribution in [3.8, 4) is 22.1 Å². The third-order valence-electron chi connectivity index (χ3n) is 3.87. The average Bonchev–Trinajstić information content (AvgIpc) is 3.23. The summed E-state index contributed by atoms with van der Waals surface area (Å²) >= 11 is 1.15. The lowest BCUT2D eigenvalue weighted by atomic mass is 10.1. The van der Waals surface area contributed by atoms with Gasteiger partial charge in [0.25, 0.3) is 0 Å². The SMILES string of the molecule is CC(C)c1cc(-c2nnc3sc(-c4cc(F)ccc4F)nn23)n(C)n1. The Balaban J connectivity index is 1.85. The highest BCUT2D eigenvalue weighted by Gasteiger charge is 2.20. The lowest BCUT2D eigenvalue weighted by Crippen LogP contribution is -1.99. The van der Waals surface area contributed by atoms with E-state index >= 15 is 0 Å². The lowest BCUT2D eigenvalue weighted by Gasteiger charge is -1.99. The number of aromatic nitrogens is 6. The summed E-state index contributed by atoms with van der Waals surface area (Å²) < 4.78 is 30.7. The van der Waals surface area contributed by atoms with Crippen LogP contribution in [-0.2, 0) is 7.05 Å². The van der Waals surface area contributed by atoms with E-state index in [-0.39, 0.29) is 11.5 Å². The summed E-state index contributed by atoms with van der Waals surface area (Å²) in [7, 11) is 1.82. The number of fused-ring (bicyclic) bond motifs is 1. The van der Waals surface area contributed by atoms with Crippen LogP contribution in [0.15, 0.2) is 24.3 Å². The van der Waals surface area contributed by atoms with Crippen molar-refractivity contribution in [2.75, 3.05) is 0 Å². The first-order chi connectivity index (χ1) is 11.9. The molecule has 0 unspecified atom stereocenters. The number of aryl methyl sites for hydroxylation is 1. The Kier molecular flexibility index (Phi) is 3.60. The first kappa shape index (κ1) is 15.8. The standard InChI is InChI=1S/C16H14F2N6S/c1-8(2)12-7-13(23(3)21-12)14-19-20-16-24(14)22-15(25-16)10-6-9(17)4-5-11(10)18/h4-8H,1-3H3. The fourth-order valence-corrected chi connectivity index (χ4v) is 3.38. The van der Waals surface area contributed by atoms with E-state index in [4.69, 9.17) is 0 Å². The van der Waals surface area contributed by atoms with Crippen LogP contribution in [0.5, 0.6) is 0 Å². The molecule has 0 bridgehead atoms. The highest BCUT2D eigenvalue weighted by Crippen LogP contribution is 2.30. The van der Waals surface area contributed by atoms with E-state index in [1.165, 1.54) is 4.52 Å². The second-order valence-electron chi connectivity index (χ2n) is 5.98. The lowest BCUT2D eigenvalue weighted by molar-refractivity contribution is 0.603. The van der Waals surface area contributed by atoms with Gasteiger partial charge in [-0.05, 0) is 30.2 Å². The summed E-state index contributed by atoms with van der Waals surface area (Å²) in [6, 6.07) is 5.22. The molecule has 0 fully saturated rings. The molecule has 0 aliphatic carbocycles. The monoisotopic (exact) mass is 360 g/mol. The van der Waals surface area contributed by atoms with Crippen molar-refractivity contribution in [2.45, 2.75) is 19.8 Å². The molecule has 0 radical (unpaired) electrons. The van der Waals surface area contributed by atoms with Crippen molar-refractivity contribution in [3.63, 3.8) is 0 Å². The zero-order chi connectivity index (χ0) is 17.7. The summed E-state index contributed by atoms with van der Waals surface area (Å²) in [6.45, 7) is 4.11. The van der Waals surface area contributed by atoms with Gasteiger partial charge in [-0.3, -0.25) is 4.68 Å². The summed E-state index contributed by atoms with van der Waals surface area (Å²) in [5.41, 5.74) is 1.79. The van der Waals surface area contributed by atoms with Gasteiger partial charge in [-0.15, -0.1) is 10.2 Å². The summed E-state index contributed by atoms with van der Waals surface area (Å²) in [6.07, 6.45) is 0. The molecule has 9 heteroatoms. The number of hydrogen-bond donors (Lipinski definition) is 0. The van der Waals surface area contributed by atoms with Crippen LogP contribution in [0.3, 0.4) is 0 Å². The Morgan fingerprint density at radius 2 is 1.88 bits per heavy atom. The first-order valence-corrected chi connectivity index (χ1v) is 8.47. The van der Waals surface area contributed by atoms with Crippen LogP contribution in [0, 0.1) is 11.6 Å². The highest BCUT2D eigenvalue weighted by atomic mass is 32.1. The van der Waals surface area contributed by atoms with Crippen molar-refractivity contribution < 1.29 is 8.78 Å². The largest absolute Gasteiger partial charge is 0.264 e. The van der Waals surface area contributed by atoms with Gasteiger partial charge in [-0.2, -0.15) is 14.7 Å². The molecular weight excluding hydrogens is 346 g/mol. The van der Waals surface area contributed by atoms with Gasteiger partial charge < -0.3 is 0 Å². The molecule has 4 aromatic rings. The van der Waals surface area contributed by atoms with Gasteiger partial charge in [0.2, 0.25) is 10.8 Å². The Labute approximate surface area is 145 Å². The van der Waals surface area contributed by atoms with Crippen LogP contribution in [0.1, 0.15) is 25.5 Å².